The zero-order chi connectivity index (χ0) is 14.6. The molecule has 0 heterocycles. The van der Waals surface area contributed by atoms with Gasteiger partial charge in [0.1, 0.15) is 0 Å². The number of nitrogens with zero attached hydrogens (tertiary/aromatic N) is 1. The van der Waals surface area contributed by atoms with Crippen LogP contribution in [0, 0.1) is 13.8 Å². The van der Waals surface area contributed by atoms with E-state index in [1.54, 1.807) is 23.4 Å². The Balaban J connectivity index is 3.37. The molecule has 0 fully saturated rings. The van der Waals surface area contributed by atoms with E-state index in [-0.39, 0.29) is 0 Å². The Hall–Kier alpha value is -1.07. The number of benzene rings is 1. The molecule has 0 unspecified atom stereocenters. The standard InChI is InChI=1S/C14H24N2O2S/c1-5-9-16(10-6-2)19(17,18)14-11(3)7-8-13(15)12(14)4/h7-8H,5-6,9-10,15H2,1-4H3. The summed E-state index contributed by atoms with van der Waals surface area (Å²) in [6, 6.07) is 3.53. The molecule has 5 heteroatoms. The predicted octanol–water partition coefficient (Wildman–Crippen LogP) is 2.70. The Morgan fingerprint density at radius 1 is 1.11 bits per heavy atom. The van der Waals surface area contributed by atoms with Gasteiger partial charge in [0, 0.05) is 18.8 Å². The van der Waals surface area contributed by atoms with Crippen LogP contribution in [0.4, 0.5) is 5.69 Å². The van der Waals surface area contributed by atoms with Crippen molar-refractivity contribution in [2.75, 3.05) is 18.8 Å². The molecule has 1 aromatic carbocycles. The molecule has 1 aromatic rings. The third-order valence-corrected chi connectivity index (χ3v) is 5.38. The van der Waals surface area contributed by atoms with Gasteiger partial charge in [0.15, 0.2) is 0 Å². The van der Waals surface area contributed by atoms with E-state index in [0.29, 0.717) is 29.2 Å². The first-order chi connectivity index (χ1) is 8.86. The first-order valence-corrected chi connectivity index (χ1v) is 8.16. The maximum Gasteiger partial charge on any atom is 0.243 e. The first kappa shape index (κ1) is 16.0. The number of sulfonamides is 1. The van der Waals surface area contributed by atoms with Gasteiger partial charge in [0.2, 0.25) is 10.0 Å². The van der Waals surface area contributed by atoms with Crippen molar-refractivity contribution in [3.8, 4) is 0 Å². The first-order valence-electron chi connectivity index (χ1n) is 6.72. The molecule has 4 nitrogen and oxygen atoms in total. The van der Waals surface area contributed by atoms with Gasteiger partial charge in [-0.15, -0.1) is 0 Å². The van der Waals surface area contributed by atoms with Crippen LogP contribution < -0.4 is 5.73 Å². The number of hydrogen-bond acceptors (Lipinski definition) is 3. The van der Waals surface area contributed by atoms with Crippen LogP contribution in [0.2, 0.25) is 0 Å². The molecule has 2 N–H and O–H groups in total. The van der Waals surface area contributed by atoms with Crippen molar-refractivity contribution < 1.29 is 8.42 Å². The third-order valence-electron chi connectivity index (χ3n) is 3.19. The van der Waals surface area contributed by atoms with E-state index < -0.39 is 10.0 Å². The highest BCUT2D eigenvalue weighted by Crippen LogP contribution is 2.27. The Labute approximate surface area is 116 Å². The van der Waals surface area contributed by atoms with Crippen LogP contribution in [0.25, 0.3) is 0 Å². The van der Waals surface area contributed by atoms with E-state index in [4.69, 9.17) is 5.73 Å². The minimum atomic E-state index is -3.46. The van der Waals surface area contributed by atoms with E-state index >= 15 is 0 Å². The smallest absolute Gasteiger partial charge is 0.243 e. The van der Waals surface area contributed by atoms with Crippen molar-refractivity contribution in [1.82, 2.24) is 4.31 Å². The largest absolute Gasteiger partial charge is 0.398 e. The minimum Gasteiger partial charge on any atom is -0.398 e. The molecule has 108 valence electrons. The second kappa shape index (κ2) is 6.39. The number of hydrogen-bond donors (Lipinski definition) is 1. The van der Waals surface area contributed by atoms with Gasteiger partial charge in [0.25, 0.3) is 0 Å². The van der Waals surface area contributed by atoms with Crippen molar-refractivity contribution in [1.29, 1.82) is 0 Å². The highest BCUT2D eigenvalue weighted by atomic mass is 32.2. The van der Waals surface area contributed by atoms with E-state index in [1.165, 1.54) is 0 Å². The maximum absolute atomic E-state index is 12.8. The molecule has 0 bridgehead atoms. The lowest BCUT2D eigenvalue weighted by molar-refractivity contribution is 0.409. The van der Waals surface area contributed by atoms with Crippen molar-refractivity contribution in [3.05, 3.63) is 23.3 Å². The van der Waals surface area contributed by atoms with E-state index in [1.807, 2.05) is 20.8 Å². The zero-order valence-corrected chi connectivity index (χ0v) is 13.0. The van der Waals surface area contributed by atoms with E-state index in [2.05, 4.69) is 0 Å². The molecule has 0 radical (unpaired) electrons. The molecule has 0 aliphatic carbocycles. The topological polar surface area (TPSA) is 63.4 Å². The van der Waals surface area contributed by atoms with Gasteiger partial charge in [-0.1, -0.05) is 19.9 Å². The van der Waals surface area contributed by atoms with Crippen LogP contribution in [-0.2, 0) is 10.0 Å². The van der Waals surface area contributed by atoms with Gasteiger partial charge in [-0.25, -0.2) is 8.42 Å². The summed E-state index contributed by atoms with van der Waals surface area (Å²) in [4.78, 5) is 0.370. The van der Waals surface area contributed by atoms with Crippen molar-refractivity contribution in [2.45, 2.75) is 45.4 Å². The third kappa shape index (κ3) is 3.28. The highest BCUT2D eigenvalue weighted by molar-refractivity contribution is 7.89. The molecular formula is C14H24N2O2S. The number of nitrogen functional groups attached to an aromatic ring is 1. The lowest BCUT2D eigenvalue weighted by Crippen LogP contribution is -2.33. The summed E-state index contributed by atoms with van der Waals surface area (Å²) in [6.45, 7) is 8.64. The van der Waals surface area contributed by atoms with Crippen molar-refractivity contribution >= 4 is 15.7 Å². The van der Waals surface area contributed by atoms with Crippen molar-refractivity contribution in [3.63, 3.8) is 0 Å². The monoisotopic (exact) mass is 284 g/mol. The SMILES string of the molecule is CCCN(CCC)S(=O)(=O)c1c(C)ccc(N)c1C. The molecular weight excluding hydrogens is 260 g/mol. The highest BCUT2D eigenvalue weighted by Gasteiger charge is 2.27. The van der Waals surface area contributed by atoms with Gasteiger partial charge in [0.05, 0.1) is 4.90 Å². The summed E-state index contributed by atoms with van der Waals surface area (Å²) >= 11 is 0. The molecule has 0 saturated heterocycles. The molecule has 0 aliphatic heterocycles. The number of aryl methyl sites for hydroxylation is 1. The van der Waals surface area contributed by atoms with E-state index in [9.17, 15) is 8.42 Å². The van der Waals surface area contributed by atoms with Crippen LogP contribution in [0.5, 0.6) is 0 Å². The average Bonchev–Trinajstić information content (AvgIpc) is 2.34. The average molecular weight is 284 g/mol. The molecule has 0 saturated carbocycles. The minimum absolute atomic E-state index is 0.370. The fourth-order valence-electron chi connectivity index (χ4n) is 2.22. The van der Waals surface area contributed by atoms with Gasteiger partial charge in [-0.2, -0.15) is 4.31 Å². The summed E-state index contributed by atoms with van der Waals surface area (Å²) in [6.07, 6.45) is 1.61. The quantitative estimate of drug-likeness (QED) is 0.817. The van der Waals surface area contributed by atoms with E-state index in [0.717, 1.165) is 18.4 Å². The summed E-state index contributed by atoms with van der Waals surface area (Å²) in [5.41, 5.74) is 7.78. The van der Waals surface area contributed by atoms with Crippen LogP contribution in [0.3, 0.4) is 0 Å². The molecule has 0 spiro atoms. The fourth-order valence-corrected chi connectivity index (χ4v) is 4.30. The van der Waals surface area contributed by atoms with Crippen molar-refractivity contribution in [2.24, 2.45) is 0 Å². The van der Waals surface area contributed by atoms with Gasteiger partial charge in [-0.05, 0) is 43.9 Å². The number of anilines is 1. The lowest BCUT2D eigenvalue weighted by Gasteiger charge is -2.23. The summed E-state index contributed by atoms with van der Waals surface area (Å²) < 4.78 is 27.1. The van der Waals surface area contributed by atoms with Crippen LogP contribution >= 0.6 is 0 Å². The Kier molecular flexibility index (Phi) is 5.38. The Morgan fingerprint density at radius 2 is 1.63 bits per heavy atom. The molecule has 0 aliphatic rings. The second-order valence-corrected chi connectivity index (χ2v) is 6.70. The molecule has 0 amide bonds. The Morgan fingerprint density at radius 3 is 2.11 bits per heavy atom. The van der Waals surface area contributed by atoms with Gasteiger partial charge >= 0.3 is 0 Å². The summed E-state index contributed by atoms with van der Waals surface area (Å²) in [5, 5.41) is 0. The number of rotatable bonds is 6. The zero-order valence-electron chi connectivity index (χ0n) is 12.2. The molecule has 19 heavy (non-hydrogen) atoms. The molecule has 0 aromatic heterocycles. The second-order valence-electron chi connectivity index (χ2n) is 4.83. The molecule has 1 rings (SSSR count). The normalized spacial score (nSPS) is 12.1. The van der Waals surface area contributed by atoms with Gasteiger partial charge in [-0.3, -0.25) is 0 Å². The van der Waals surface area contributed by atoms with Crippen LogP contribution in [-0.4, -0.2) is 25.8 Å². The van der Waals surface area contributed by atoms with Crippen LogP contribution in [0.15, 0.2) is 17.0 Å². The molecule has 0 atom stereocenters. The summed E-state index contributed by atoms with van der Waals surface area (Å²) in [5.74, 6) is 0. The van der Waals surface area contributed by atoms with Gasteiger partial charge < -0.3 is 5.73 Å². The van der Waals surface area contributed by atoms with Crippen LogP contribution in [0.1, 0.15) is 37.8 Å². The number of nitrogens with two attached hydrogens (primary N) is 1. The lowest BCUT2D eigenvalue weighted by atomic mass is 10.1. The Bertz CT molecular complexity index is 533. The summed E-state index contributed by atoms with van der Waals surface area (Å²) in [7, 11) is -3.46. The predicted molar refractivity (Wildman–Crippen MR) is 79.7 cm³/mol. The maximum atomic E-state index is 12.8. The fraction of sp³-hybridized carbons (Fsp3) is 0.571.